The van der Waals surface area contributed by atoms with Crippen molar-refractivity contribution in [3.05, 3.63) is 52.2 Å². The first-order valence-corrected chi connectivity index (χ1v) is 7.08. The van der Waals surface area contributed by atoms with Gasteiger partial charge < -0.3 is 8.98 Å². The Morgan fingerprint density at radius 1 is 1.25 bits per heavy atom. The number of benzene rings is 1. The maximum atomic E-state index is 12.0. The molecule has 0 N–H and O–H groups in total. The van der Waals surface area contributed by atoms with Crippen LogP contribution in [0.2, 0.25) is 0 Å². The molecule has 2 heterocycles. The zero-order chi connectivity index (χ0) is 14.3. The second-order valence-electron chi connectivity index (χ2n) is 4.72. The van der Waals surface area contributed by atoms with Gasteiger partial charge >= 0.3 is 5.91 Å². The summed E-state index contributed by atoms with van der Waals surface area (Å²) in [5.41, 5.74) is 3.50. The van der Waals surface area contributed by atoms with Crippen LogP contribution >= 0.6 is 11.3 Å². The van der Waals surface area contributed by atoms with Crippen LogP contribution in [0.3, 0.4) is 0 Å². The molecular formula is C15H14N2O2S. The van der Waals surface area contributed by atoms with E-state index in [1.54, 1.807) is 12.1 Å². The highest BCUT2D eigenvalue weighted by atomic mass is 32.1. The van der Waals surface area contributed by atoms with Crippen molar-refractivity contribution in [3.63, 3.8) is 0 Å². The summed E-state index contributed by atoms with van der Waals surface area (Å²) in [6, 6.07) is 7.48. The number of carbonyl (C=O) groups is 1. The zero-order valence-electron chi connectivity index (χ0n) is 11.5. The number of aryl methyl sites for hydroxylation is 3. The molecule has 2 aromatic heterocycles. The SMILES string of the molecule is Cc1ccc(C)c2c1sc(=NC(=O)c1ccco1)n2C. The van der Waals surface area contributed by atoms with Gasteiger partial charge in [0.05, 0.1) is 16.5 Å². The number of nitrogens with zero attached hydrogens (tertiary/aromatic N) is 2. The fraction of sp³-hybridized carbons (Fsp3) is 0.200. The molecule has 3 rings (SSSR count). The van der Waals surface area contributed by atoms with E-state index in [1.165, 1.54) is 33.4 Å². The predicted molar refractivity (Wildman–Crippen MR) is 78.9 cm³/mol. The van der Waals surface area contributed by atoms with Crippen LogP contribution in [0.5, 0.6) is 0 Å². The number of amides is 1. The molecule has 0 saturated carbocycles. The Balaban J connectivity index is 2.23. The van der Waals surface area contributed by atoms with Crippen molar-refractivity contribution in [1.82, 2.24) is 4.57 Å². The summed E-state index contributed by atoms with van der Waals surface area (Å²) in [5.74, 6) is -0.0941. The summed E-state index contributed by atoms with van der Waals surface area (Å²) in [7, 11) is 1.93. The van der Waals surface area contributed by atoms with Crippen LogP contribution in [0.4, 0.5) is 0 Å². The van der Waals surface area contributed by atoms with Gasteiger partial charge in [-0.2, -0.15) is 4.99 Å². The molecule has 0 aliphatic rings. The van der Waals surface area contributed by atoms with Crippen molar-refractivity contribution in [1.29, 1.82) is 0 Å². The number of rotatable bonds is 1. The van der Waals surface area contributed by atoms with Gasteiger partial charge in [0.25, 0.3) is 0 Å². The Hall–Kier alpha value is -2.14. The van der Waals surface area contributed by atoms with E-state index in [0.717, 1.165) is 5.52 Å². The molecule has 20 heavy (non-hydrogen) atoms. The number of hydrogen-bond acceptors (Lipinski definition) is 3. The van der Waals surface area contributed by atoms with Crippen LogP contribution in [0, 0.1) is 13.8 Å². The first kappa shape index (κ1) is 12.9. The van der Waals surface area contributed by atoms with Gasteiger partial charge in [0.15, 0.2) is 10.6 Å². The molecule has 1 amide bonds. The lowest BCUT2D eigenvalue weighted by atomic mass is 10.1. The predicted octanol–water partition coefficient (Wildman–Crippen LogP) is 3.19. The van der Waals surface area contributed by atoms with Crippen molar-refractivity contribution in [3.8, 4) is 0 Å². The molecule has 0 saturated heterocycles. The zero-order valence-corrected chi connectivity index (χ0v) is 12.3. The summed E-state index contributed by atoms with van der Waals surface area (Å²) < 4.78 is 8.21. The molecule has 1 aromatic carbocycles. The summed E-state index contributed by atoms with van der Waals surface area (Å²) >= 11 is 1.52. The van der Waals surface area contributed by atoms with Crippen LogP contribution < -0.4 is 4.80 Å². The summed E-state index contributed by atoms with van der Waals surface area (Å²) in [6.07, 6.45) is 1.47. The van der Waals surface area contributed by atoms with Gasteiger partial charge in [0.1, 0.15) is 0 Å². The van der Waals surface area contributed by atoms with E-state index in [-0.39, 0.29) is 11.7 Å². The summed E-state index contributed by atoms with van der Waals surface area (Å²) in [5, 5.41) is 0. The highest BCUT2D eigenvalue weighted by Gasteiger charge is 2.11. The van der Waals surface area contributed by atoms with Crippen molar-refractivity contribution in [2.24, 2.45) is 12.0 Å². The fourth-order valence-electron chi connectivity index (χ4n) is 2.21. The van der Waals surface area contributed by atoms with E-state index < -0.39 is 0 Å². The first-order chi connectivity index (χ1) is 9.58. The molecule has 102 valence electrons. The van der Waals surface area contributed by atoms with Crippen molar-refractivity contribution < 1.29 is 9.21 Å². The minimum Gasteiger partial charge on any atom is -0.459 e. The fourth-order valence-corrected chi connectivity index (χ4v) is 3.37. The number of fused-ring (bicyclic) bond motifs is 1. The van der Waals surface area contributed by atoms with Crippen LogP contribution in [0.1, 0.15) is 21.7 Å². The second-order valence-corrected chi connectivity index (χ2v) is 5.69. The van der Waals surface area contributed by atoms with Gasteiger partial charge in [-0.3, -0.25) is 4.79 Å². The lowest BCUT2D eigenvalue weighted by molar-refractivity contribution is 0.0971. The number of furan rings is 1. The molecule has 0 radical (unpaired) electrons. The largest absolute Gasteiger partial charge is 0.459 e. The molecule has 0 fully saturated rings. The normalized spacial score (nSPS) is 12.2. The molecule has 0 spiro atoms. The average Bonchev–Trinajstić information content (AvgIpc) is 3.04. The maximum Gasteiger partial charge on any atom is 0.315 e. The minimum atomic E-state index is -0.354. The van der Waals surface area contributed by atoms with Gasteiger partial charge in [-0.15, -0.1) is 0 Å². The highest BCUT2D eigenvalue weighted by molar-refractivity contribution is 7.16. The molecule has 0 aliphatic carbocycles. The van der Waals surface area contributed by atoms with Gasteiger partial charge in [0, 0.05) is 7.05 Å². The minimum absolute atomic E-state index is 0.260. The van der Waals surface area contributed by atoms with E-state index in [9.17, 15) is 4.79 Å². The van der Waals surface area contributed by atoms with E-state index in [2.05, 4.69) is 31.0 Å². The smallest absolute Gasteiger partial charge is 0.315 e. The van der Waals surface area contributed by atoms with Gasteiger partial charge in [0.2, 0.25) is 0 Å². The Labute approximate surface area is 120 Å². The molecule has 0 aliphatic heterocycles. The summed E-state index contributed by atoms with van der Waals surface area (Å²) in [6.45, 7) is 4.13. The lowest BCUT2D eigenvalue weighted by Gasteiger charge is -2.01. The van der Waals surface area contributed by atoms with E-state index in [0.29, 0.717) is 4.80 Å². The highest BCUT2D eigenvalue weighted by Crippen LogP contribution is 2.24. The first-order valence-electron chi connectivity index (χ1n) is 6.26. The third-order valence-corrected chi connectivity index (χ3v) is 4.54. The van der Waals surface area contributed by atoms with Crippen molar-refractivity contribution in [2.75, 3.05) is 0 Å². The number of hydrogen-bond donors (Lipinski definition) is 0. The Kier molecular flexibility index (Phi) is 3.06. The summed E-state index contributed by atoms with van der Waals surface area (Å²) in [4.78, 5) is 16.9. The molecule has 4 nitrogen and oxygen atoms in total. The third-order valence-electron chi connectivity index (χ3n) is 3.27. The van der Waals surface area contributed by atoms with Crippen LogP contribution in [-0.2, 0) is 7.05 Å². The Morgan fingerprint density at radius 2 is 2.00 bits per heavy atom. The topological polar surface area (TPSA) is 47.5 Å². The number of thiazole rings is 1. The molecule has 5 heteroatoms. The standard InChI is InChI=1S/C15H14N2O2S/c1-9-6-7-10(2)13-12(9)17(3)15(20-13)16-14(18)11-5-4-8-19-11/h4-8H,1-3H3. The van der Waals surface area contributed by atoms with E-state index >= 15 is 0 Å². The molecular weight excluding hydrogens is 272 g/mol. The van der Waals surface area contributed by atoms with Crippen LogP contribution in [0.25, 0.3) is 10.2 Å². The second kappa shape index (κ2) is 4.76. The monoisotopic (exact) mass is 286 g/mol. The van der Waals surface area contributed by atoms with Crippen molar-refractivity contribution >= 4 is 27.5 Å². The molecule has 3 aromatic rings. The molecule has 0 bridgehead atoms. The van der Waals surface area contributed by atoms with Crippen LogP contribution in [0.15, 0.2) is 39.9 Å². The van der Waals surface area contributed by atoms with Gasteiger partial charge in [-0.1, -0.05) is 23.5 Å². The Bertz CT molecular complexity index is 854. The van der Waals surface area contributed by atoms with E-state index in [1.807, 2.05) is 11.6 Å². The van der Waals surface area contributed by atoms with Gasteiger partial charge in [-0.25, -0.2) is 0 Å². The van der Waals surface area contributed by atoms with Crippen LogP contribution in [-0.4, -0.2) is 10.5 Å². The third kappa shape index (κ3) is 2.00. The average molecular weight is 286 g/mol. The Morgan fingerprint density at radius 3 is 2.65 bits per heavy atom. The maximum absolute atomic E-state index is 12.0. The van der Waals surface area contributed by atoms with Gasteiger partial charge in [-0.05, 0) is 37.1 Å². The quantitative estimate of drug-likeness (QED) is 0.689. The van der Waals surface area contributed by atoms with E-state index in [4.69, 9.17) is 4.42 Å². The van der Waals surface area contributed by atoms with Crippen molar-refractivity contribution in [2.45, 2.75) is 13.8 Å². The molecule has 0 unspecified atom stereocenters. The number of aromatic nitrogens is 1. The molecule has 0 atom stereocenters. The number of carbonyl (C=O) groups excluding carboxylic acids is 1. The lowest BCUT2D eigenvalue weighted by Crippen LogP contribution is -2.13.